The van der Waals surface area contributed by atoms with Crippen LogP contribution < -0.4 is 0 Å². The van der Waals surface area contributed by atoms with E-state index in [9.17, 15) is 15.3 Å². The maximum absolute atomic E-state index is 12.1. The van der Waals surface area contributed by atoms with Crippen LogP contribution in [0, 0.1) is 22.7 Å². The average molecular weight is 385 g/mol. The number of allylic oxidation sites excluding steroid dienone is 1. The van der Waals surface area contributed by atoms with Crippen LogP contribution in [0.3, 0.4) is 0 Å². The quantitative estimate of drug-likeness (QED) is 0.648. The highest BCUT2D eigenvalue weighted by Crippen LogP contribution is 2.70. The molecule has 3 fully saturated rings. The molecule has 2 unspecified atom stereocenters. The van der Waals surface area contributed by atoms with Gasteiger partial charge in [0.1, 0.15) is 11.9 Å². The zero-order chi connectivity index (χ0) is 19.8. The summed E-state index contributed by atoms with van der Waals surface area (Å²) >= 11 is 0. The molecule has 1 heterocycles. The molecule has 152 valence electrons. The Morgan fingerprint density at radius 3 is 2.57 bits per heavy atom. The van der Waals surface area contributed by atoms with Crippen LogP contribution >= 0.6 is 0 Å². The Balaban J connectivity index is 1.55. The van der Waals surface area contributed by atoms with Crippen LogP contribution in [0.15, 0.2) is 30.2 Å². The van der Waals surface area contributed by atoms with Crippen molar-refractivity contribution in [2.75, 3.05) is 0 Å². The molecule has 0 aliphatic heterocycles. The van der Waals surface area contributed by atoms with Gasteiger partial charge in [-0.2, -0.15) is 0 Å². The monoisotopic (exact) mass is 384 g/mol. The van der Waals surface area contributed by atoms with E-state index < -0.39 is 16.6 Å². The Morgan fingerprint density at radius 2 is 1.82 bits per heavy atom. The van der Waals surface area contributed by atoms with E-state index in [0.717, 1.165) is 38.5 Å². The molecule has 1 aromatic heterocycles. The summed E-state index contributed by atoms with van der Waals surface area (Å²) in [6.45, 7) is 4.43. The highest BCUT2D eigenvalue weighted by molar-refractivity contribution is 5.31. The first kappa shape index (κ1) is 18.7. The number of aliphatic hydroxyl groups is 3. The molecule has 5 rings (SSSR count). The van der Waals surface area contributed by atoms with Crippen LogP contribution in [0.5, 0.6) is 0 Å². The van der Waals surface area contributed by atoms with Crippen molar-refractivity contribution < 1.29 is 15.3 Å². The number of aromatic nitrogens is 2. The van der Waals surface area contributed by atoms with Gasteiger partial charge in [0.2, 0.25) is 0 Å². The second kappa shape index (κ2) is 5.87. The summed E-state index contributed by atoms with van der Waals surface area (Å²) in [7, 11) is 0. The van der Waals surface area contributed by atoms with E-state index >= 15 is 0 Å². The zero-order valence-corrected chi connectivity index (χ0v) is 16.9. The molecule has 0 radical (unpaired) electrons. The fourth-order valence-corrected chi connectivity index (χ4v) is 7.64. The molecule has 0 aromatic carbocycles. The highest BCUT2D eigenvalue weighted by atomic mass is 16.3. The van der Waals surface area contributed by atoms with E-state index in [-0.39, 0.29) is 17.4 Å². The molecule has 0 saturated heterocycles. The van der Waals surface area contributed by atoms with Crippen molar-refractivity contribution in [3.8, 4) is 0 Å². The standard InChI is InChI=1S/C23H32N2O3/c1-20-8-5-16(26)13-15(20)3-4-18-17(20)6-9-21(2)22(18,27)10-11-23(21,28)19-7-12-24-14-25-19/h7,12-14,16-18,26-28H,3-6,8-11H2,1-2H3/t16?,17-,18-,20+,21+,22-,23?/m1/s1. The Labute approximate surface area is 166 Å². The molecule has 28 heavy (non-hydrogen) atoms. The number of rotatable bonds is 1. The minimum absolute atomic E-state index is 0.0643. The SMILES string of the molecule is C[C@]12CCC(O)C=C1CC[C@@H]1[C@H]2CC[C@]2(C)C(O)(c3ccncn3)CC[C@@]12O. The molecule has 3 N–H and O–H groups in total. The third kappa shape index (κ3) is 2.13. The number of aliphatic hydroxyl groups excluding tert-OH is 1. The molecule has 5 heteroatoms. The first-order chi connectivity index (χ1) is 13.2. The Bertz CT molecular complexity index is 813. The van der Waals surface area contributed by atoms with Crippen molar-refractivity contribution in [1.29, 1.82) is 0 Å². The second-order valence-corrected chi connectivity index (χ2v) is 10.2. The van der Waals surface area contributed by atoms with Crippen molar-refractivity contribution >= 4 is 0 Å². The Morgan fingerprint density at radius 1 is 1.00 bits per heavy atom. The van der Waals surface area contributed by atoms with Crippen LogP contribution in [0.25, 0.3) is 0 Å². The summed E-state index contributed by atoms with van der Waals surface area (Å²) in [6, 6.07) is 1.80. The lowest BCUT2D eigenvalue weighted by Crippen LogP contribution is -2.63. The fourth-order valence-electron chi connectivity index (χ4n) is 7.64. The molecule has 0 amide bonds. The number of nitrogens with zero attached hydrogens (tertiary/aromatic N) is 2. The minimum atomic E-state index is -1.12. The topological polar surface area (TPSA) is 86.5 Å². The van der Waals surface area contributed by atoms with Gasteiger partial charge in [0, 0.05) is 11.6 Å². The van der Waals surface area contributed by atoms with Crippen molar-refractivity contribution in [2.24, 2.45) is 22.7 Å². The van der Waals surface area contributed by atoms with Crippen LogP contribution in [-0.2, 0) is 5.60 Å². The van der Waals surface area contributed by atoms with Gasteiger partial charge in [-0.1, -0.05) is 25.5 Å². The predicted molar refractivity (Wildman–Crippen MR) is 105 cm³/mol. The smallest absolute Gasteiger partial charge is 0.115 e. The molecule has 4 aliphatic carbocycles. The van der Waals surface area contributed by atoms with E-state index in [1.807, 2.05) is 0 Å². The molecular formula is C23H32N2O3. The largest absolute Gasteiger partial charge is 0.389 e. The van der Waals surface area contributed by atoms with Gasteiger partial charge < -0.3 is 15.3 Å². The van der Waals surface area contributed by atoms with Crippen molar-refractivity contribution in [3.05, 3.63) is 35.9 Å². The molecule has 0 spiro atoms. The van der Waals surface area contributed by atoms with Crippen molar-refractivity contribution in [2.45, 2.75) is 82.5 Å². The Hall–Kier alpha value is -1.30. The third-order valence-electron chi connectivity index (χ3n) is 9.43. The molecule has 1 aromatic rings. The lowest BCUT2D eigenvalue weighted by atomic mass is 9.44. The molecule has 7 atom stereocenters. The normalized spacial score (nSPS) is 50.3. The van der Waals surface area contributed by atoms with Gasteiger partial charge in [-0.3, -0.25) is 0 Å². The van der Waals surface area contributed by atoms with Gasteiger partial charge in [0.15, 0.2) is 0 Å². The minimum Gasteiger partial charge on any atom is -0.389 e. The summed E-state index contributed by atoms with van der Waals surface area (Å²) < 4.78 is 0. The highest BCUT2D eigenvalue weighted by Gasteiger charge is 2.72. The Kier molecular flexibility index (Phi) is 3.92. The summed E-state index contributed by atoms with van der Waals surface area (Å²) in [5.41, 5.74) is -0.516. The second-order valence-electron chi connectivity index (χ2n) is 10.2. The van der Waals surface area contributed by atoms with E-state index in [2.05, 4.69) is 29.9 Å². The van der Waals surface area contributed by atoms with Gasteiger partial charge in [0.05, 0.1) is 17.4 Å². The summed E-state index contributed by atoms with van der Waals surface area (Å²) in [5, 5.41) is 34.1. The van der Waals surface area contributed by atoms with E-state index in [1.54, 1.807) is 12.3 Å². The van der Waals surface area contributed by atoms with Crippen LogP contribution in [0.4, 0.5) is 0 Å². The fraction of sp³-hybridized carbons (Fsp3) is 0.739. The first-order valence-electron chi connectivity index (χ1n) is 10.9. The molecular weight excluding hydrogens is 352 g/mol. The average Bonchev–Trinajstić information content (AvgIpc) is 2.91. The summed E-state index contributed by atoms with van der Waals surface area (Å²) in [5.74, 6) is 0.588. The first-order valence-corrected chi connectivity index (χ1v) is 10.9. The lowest BCUT2D eigenvalue weighted by molar-refractivity contribution is -0.222. The van der Waals surface area contributed by atoms with E-state index in [1.165, 1.54) is 11.9 Å². The maximum Gasteiger partial charge on any atom is 0.115 e. The van der Waals surface area contributed by atoms with Gasteiger partial charge in [-0.15, -0.1) is 0 Å². The van der Waals surface area contributed by atoms with Gasteiger partial charge in [-0.25, -0.2) is 9.97 Å². The molecule has 0 bridgehead atoms. The van der Waals surface area contributed by atoms with E-state index in [4.69, 9.17) is 0 Å². The lowest BCUT2D eigenvalue weighted by Gasteiger charge is -2.62. The van der Waals surface area contributed by atoms with Crippen LogP contribution in [-0.4, -0.2) is 37.0 Å². The van der Waals surface area contributed by atoms with E-state index in [0.29, 0.717) is 24.5 Å². The molecule has 5 nitrogen and oxygen atoms in total. The third-order valence-corrected chi connectivity index (χ3v) is 9.43. The van der Waals surface area contributed by atoms with Crippen LogP contribution in [0.1, 0.15) is 70.9 Å². The molecule has 4 aliphatic rings. The van der Waals surface area contributed by atoms with Gasteiger partial charge in [-0.05, 0) is 74.7 Å². The number of fused-ring (bicyclic) bond motifs is 5. The maximum atomic E-state index is 12.1. The number of hydrogen-bond acceptors (Lipinski definition) is 5. The predicted octanol–water partition coefficient (Wildman–Crippen LogP) is 3.10. The summed E-state index contributed by atoms with van der Waals surface area (Å²) in [4.78, 5) is 8.39. The van der Waals surface area contributed by atoms with Gasteiger partial charge in [0.25, 0.3) is 0 Å². The zero-order valence-electron chi connectivity index (χ0n) is 16.9. The van der Waals surface area contributed by atoms with Crippen molar-refractivity contribution in [3.63, 3.8) is 0 Å². The molecule has 3 saturated carbocycles. The van der Waals surface area contributed by atoms with Gasteiger partial charge >= 0.3 is 0 Å². The summed E-state index contributed by atoms with van der Waals surface area (Å²) in [6.07, 6.45) is 11.6. The number of hydrogen-bond donors (Lipinski definition) is 3. The van der Waals surface area contributed by atoms with Crippen LogP contribution in [0.2, 0.25) is 0 Å². The van der Waals surface area contributed by atoms with Crippen molar-refractivity contribution in [1.82, 2.24) is 9.97 Å².